The molecule has 0 spiro atoms. The predicted molar refractivity (Wildman–Crippen MR) is 59.4 cm³/mol. The highest BCUT2D eigenvalue weighted by atomic mass is 79.9. The third-order valence-corrected chi connectivity index (χ3v) is 2.64. The molecule has 2 rings (SSSR count). The van der Waals surface area contributed by atoms with Crippen molar-refractivity contribution in [1.82, 2.24) is 0 Å². The summed E-state index contributed by atoms with van der Waals surface area (Å²) in [7, 11) is 0. The lowest BCUT2D eigenvalue weighted by molar-refractivity contribution is 0.101. The van der Waals surface area contributed by atoms with Gasteiger partial charge in [-0.25, -0.2) is 0 Å². The normalized spacial score (nSPS) is 18.7. The summed E-state index contributed by atoms with van der Waals surface area (Å²) >= 11 is 3.35. The van der Waals surface area contributed by atoms with Crippen molar-refractivity contribution in [2.24, 2.45) is 0 Å². The van der Waals surface area contributed by atoms with Gasteiger partial charge < -0.3 is 9.47 Å². The molecule has 3 nitrogen and oxygen atoms in total. The van der Waals surface area contributed by atoms with Crippen LogP contribution in [0.4, 0.5) is 0 Å². The van der Waals surface area contributed by atoms with Crippen molar-refractivity contribution in [2.45, 2.75) is 13.0 Å². The van der Waals surface area contributed by atoms with E-state index in [2.05, 4.69) is 15.9 Å². The first kappa shape index (κ1) is 10.6. The molecular formula is C11H11BrO3. The van der Waals surface area contributed by atoms with Crippen LogP contribution in [0.15, 0.2) is 22.7 Å². The molecule has 0 aromatic heterocycles. The van der Waals surface area contributed by atoms with Crippen molar-refractivity contribution in [3.63, 3.8) is 0 Å². The molecule has 0 N–H and O–H groups in total. The van der Waals surface area contributed by atoms with Crippen LogP contribution in [-0.2, 0) is 4.74 Å². The van der Waals surface area contributed by atoms with Gasteiger partial charge in [0, 0.05) is 4.47 Å². The number of carbonyl (C=O) groups excluding carboxylic acids is 1. The van der Waals surface area contributed by atoms with Gasteiger partial charge in [-0.15, -0.1) is 0 Å². The van der Waals surface area contributed by atoms with Crippen LogP contribution < -0.4 is 4.74 Å². The van der Waals surface area contributed by atoms with E-state index < -0.39 is 0 Å². The average molecular weight is 271 g/mol. The van der Waals surface area contributed by atoms with Gasteiger partial charge in [0.1, 0.15) is 18.5 Å². The quantitative estimate of drug-likeness (QED) is 0.623. The Morgan fingerprint density at radius 1 is 1.67 bits per heavy atom. The highest BCUT2D eigenvalue weighted by Crippen LogP contribution is 2.25. The zero-order valence-electron chi connectivity index (χ0n) is 8.33. The molecule has 1 aliphatic rings. The largest absolute Gasteiger partial charge is 0.490 e. The van der Waals surface area contributed by atoms with Crippen molar-refractivity contribution in [3.8, 4) is 5.75 Å². The van der Waals surface area contributed by atoms with E-state index in [0.29, 0.717) is 17.9 Å². The van der Waals surface area contributed by atoms with Crippen molar-refractivity contribution in [2.75, 3.05) is 13.2 Å². The number of hydrogen-bond donors (Lipinski definition) is 0. The highest BCUT2D eigenvalue weighted by Gasteiger charge is 2.23. The molecule has 0 radical (unpaired) electrons. The number of benzene rings is 1. The first-order valence-electron chi connectivity index (χ1n) is 4.71. The van der Waals surface area contributed by atoms with Crippen LogP contribution in [-0.4, -0.2) is 25.1 Å². The summed E-state index contributed by atoms with van der Waals surface area (Å²) in [6, 6.07) is 5.39. The van der Waals surface area contributed by atoms with E-state index in [1.54, 1.807) is 12.1 Å². The highest BCUT2D eigenvalue weighted by molar-refractivity contribution is 9.10. The molecule has 1 fully saturated rings. The van der Waals surface area contributed by atoms with E-state index in [4.69, 9.17) is 9.47 Å². The first-order chi connectivity index (χ1) is 7.16. The second-order valence-electron chi connectivity index (χ2n) is 3.46. The van der Waals surface area contributed by atoms with Gasteiger partial charge in [-0.3, -0.25) is 4.79 Å². The Bertz CT molecular complexity index is 385. The second kappa shape index (κ2) is 4.33. The second-order valence-corrected chi connectivity index (χ2v) is 4.38. The molecule has 0 bridgehead atoms. The maximum absolute atomic E-state index is 11.3. The average Bonchev–Trinajstić information content (AvgIpc) is 2.97. The summed E-state index contributed by atoms with van der Waals surface area (Å²) in [5, 5.41) is 0. The molecule has 1 atom stereocenters. The van der Waals surface area contributed by atoms with Gasteiger partial charge in [-0.05, 0) is 25.1 Å². The van der Waals surface area contributed by atoms with Gasteiger partial charge in [0.05, 0.1) is 12.2 Å². The topological polar surface area (TPSA) is 38.8 Å². The molecule has 15 heavy (non-hydrogen) atoms. The van der Waals surface area contributed by atoms with Gasteiger partial charge in [0.25, 0.3) is 0 Å². The number of halogens is 1. The Hall–Kier alpha value is -0.870. The first-order valence-corrected chi connectivity index (χ1v) is 5.51. The van der Waals surface area contributed by atoms with E-state index >= 15 is 0 Å². The third kappa shape index (κ3) is 2.79. The molecule has 0 unspecified atom stereocenters. The number of carbonyl (C=O) groups is 1. The lowest BCUT2D eigenvalue weighted by Gasteiger charge is -2.08. The van der Waals surface area contributed by atoms with Gasteiger partial charge in [-0.1, -0.05) is 15.9 Å². The zero-order chi connectivity index (χ0) is 10.8. The maximum Gasteiger partial charge on any atom is 0.163 e. The molecule has 1 aliphatic heterocycles. The third-order valence-electron chi connectivity index (χ3n) is 2.15. The van der Waals surface area contributed by atoms with Crippen LogP contribution >= 0.6 is 15.9 Å². The summed E-state index contributed by atoms with van der Waals surface area (Å²) in [6.07, 6.45) is 0.198. The maximum atomic E-state index is 11.3. The van der Waals surface area contributed by atoms with Crippen molar-refractivity contribution < 1.29 is 14.3 Å². The fraction of sp³-hybridized carbons (Fsp3) is 0.364. The minimum Gasteiger partial charge on any atom is -0.490 e. The molecular weight excluding hydrogens is 260 g/mol. The minimum absolute atomic E-state index is 0.00853. The predicted octanol–water partition coefficient (Wildman–Crippen LogP) is 2.43. The summed E-state index contributed by atoms with van der Waals surface area (Å²) in [5.41, 5.74) is 0.610. The van der Waals surface area contributed by atoms with Crippen LogP contribution in [0.5, 0.6) is 5.75 Å². The van der Waals surface area contributed by atoms with E-state index in [1.165, 1.54) is 6.92 Å². The number of Topliss-reactive ketones (excluding diaryl/α,β-unsaturated/α-hetero) is 1. The van der Waals surface area contributed by atoms with Crippen LogP contribution in [0.2, 0.25) is 0 Å². The number of ether oxygens (including phenoxy) is 2. The number of ketones is 1. The van der Waals surface area contributed by atoms with Crippen molar-refractivity contribution >= 4 is 21.7 Å². The summed E-state index contributed by atoms with van der Waals surface area (Å²) in [4.78, 5) is 11.3. The molecule has 1 saturated heterocycles. The van der Waals surface area contributed by atoms with Gasteiger partial charge in [0.15, 0.2) is 5.78 Å². The Labute approximate surface area is 96.5 Å². The fourth-order valence-corrected chi connectivity index (χ4v) is 1.59. The molecule has 0 amide bonds. The standard InChI is InChI=1S/C11H11BrO3/c1-7(13)10-3-2-8(12)4-11(10)15-6-9-5-14-9/h2-4,9H,5-6H2,1H3/t9-/m0/s1. The summed E-state index contributed by atoms with van der Waals surface area (Å²) < 4.78 is 11.5. The van der Waals surface area contributed by atoms with E-state index in [0.717, 1.165) is 11.1 Å². The smallest absolute Gasteiger partial charge is 0.163 e. The zero-order valence-corrected chi connectivity index (χ0v) is 9.91. The number of hydrogen-bond acceptors (Lipinski definition) is 3. The molecule has 4 heteroatoms. The molecule has 1 aromatic rings. The monoisotopic (exact) mass is 270 g/mol. The Kier molecular flexibility index (Phi) is 3.07. The SMILES string of the molecule is CC(=O)c1ccc(Br)cc1OC[C@@H]1CO1. The van der Waals surface area contributed by atoms with Crippen LogP contribution in [0.25, 0.3) is 0 Å². The molecule has 80 valence electrons. The summed E-state index contributed by atoms with van der Waals surface area (Å²) in [6.45, 7) is 2.80. The van der Waals surface area contributed by atoms with Gasteiger partial charge in [0.2, 0.25) is 0 Å². The molecule has 1 aromatic carbocycles. The van der Waals surface area contributed by atoms with Crippen molar-refractivity contribution in [3.05, 3.63) is 28.2 Å². The minimum atomic E-state index is 0.00853. The molecule has 1 heterocycles. The summed E-state index contributed by atoms with van der Waals surface area (Å²) in [5.74, 6) is 0.626. The number of epoxide rings is 1. The van der Waals surface area contributed by atoms with Crippen LogP contribution in [0, 0.1) is 0 Å². The fourth-order valence-electron chi connectivity index (χ4n) is 1.25. The van der Waals surface area contributed by atoms with E-state index in [9.17, 15) is 4.79 Å². The van der Waals surface area contributed by atoms with Gasteiger partial charge in [-0.2, -0.15) is 0 Å². The Morgan fingerprint density at radius 3 is 3.00 bits per heavy atom. The van der Waals surface area contributed by atoms with Crippen LogP contribution in [0.1, 0.15) is 17.3 Å². The lowest BCUT2D eigenvalue weighted by atomic mass is 10.1. The molecule has 0 saturated carbocycles. The Balaban J connectivity index is 2.16. The van der Waals surface area contributed by atoms with Crippen molar-refractivity contribution in [1.29, 1.82) is 0 Å². The lowest BCUT2D eigenvalue weighted by Crippen LogP contribution is -2.07. The van der Waals surface area contributed by atoms with E-state index in [1.807, 2.05) is 6.07 Å². The van der Waals surface area contributed by atoms with Crippen LogP contribution in [0.3, 0.4) is 0 Å². The van der Waals surface area contributed by atoms with E-state index in [-0.39, 0.29) is 11.9 Å². The Morgan fingerprint density at radius 2 is 2.40 bits per heavy atom. The number of rotatable bonds is 4. The molecule has 0 aliphatic carbocycles. The van der Waals surface area contributed by atoms with Gasteiger partial charge >= 0.3 is 0 Å².